The normalized spacial score (nSPS) is 15.3. The van der Waals surface area contributed by atoms with E-state index in [2.05, 4.69) is 5.32 Å². The van der Waals surface area contributed by atoms with E-state index in [0.717, 1.165) is 12.1 Å². The van der Waals surface area contributed by atoms with Crippen molar-refractivity contribution in [3.63, 3.8) is 0 Å². The number of amides is 1. The van der Waals surface area contributed by atoms with Crippen molar-refractivity contribution in [1.29, 1.82) is 0 Å². The second-order valence-electron chi connectivity index (χ2n) is 7.67. The lowest BCUT2D eigenvalue weighted by atomic mass is 10.2. The van der Waals surface area contributed by atoms with Crippen LogP contribution in [0, 0.1) is 0 Å². The highest BCUT2D eigenvalue weighted by Crippen LogP contribution is 2.33. The van der Waals surface area contributed by atoms with E-state index >= 15 is 0 Å². The average molecular weight is 507 g/mol. The topological polar surface area (TPSA) is 84.9 Å². The van der Waals surface area contributed by atoms with Crippen LogP contribution in [-0.2, 0) is 21.0 Å². The monoisotopic (exact) mass is 506 g/mol. The fourth-order valence-electron chi connectivity index (χ4n) is 3.45. The van der Waals surface area contributed by atoms with Gasteiger partial charge in [0.2, 0.25) is 5.91 Å². The molecule has 0 radical (unpaired) electrons. The Morgan fingerprint density at radius 3 is 2.37 bits per heavy atom. The molecule has 0 aromatic heterocycles. The van der Waals surface area contributed by atoms with Crippen LogP contribution in [0.3, 0.4) is 0 Å². The summed E-state index contributed by atoms with van der Waals surface area (Å²) in [6.45, 7) is -0.561. The quantitative estimate of drug-likeness (QED) is 0.526. The van der Waals surface area contributed by atoms with Crippen molar-refractivity contribution < 1.29 is 35.9 Å². The van der Waals surface area contributed by atoms with Crippen molar-refractivity contribution in [2.75, 3.05) is 24.0 Å². The number of fused-ring (bicyclic) bond motifs is 1. The minimum absolute atomic E-state index is 0.00891. The number of para-hydroxylation sites is 2. The Bertz CT molecular complexity index is 1300. The summed E-state index contributed by atoms with van der Waals surface area (Å²) in [5.74, 6) is 0.361. The Kier molecular flexibility index (Phi) is 6.88. The van der Waals surface area contributed by atoms with E-state index in [4.69, 9.17) is 9.47 Å². The molecule has 0 bridgehead atoms. The molecule has 184 valence electrons. The van der Waals surface area contributed by atoms with Crippen molar-refractivity contribution in [3.8, 4) is 11.5 Å². The lowest BCUT2D eigenvalue weighted by molar-refractivity contribution is -0.137. The van der Waals surface area contributed by atoms with Gasteiger partial charge in [0, 0.05) is 0 Å². The summed E-state index contributed by atoms with van der Waals surface area (Å²) in [7, 11) is -4.35. The van der Waals surface area contributed by atoms with Gasteiger partial charge in [0.15, 0.2) is 11.5 Å². The maximum Gasteiger partial charge on any atom is 0.416 e. The zero-order valence-electron chi connectivity index (χ0n) is 18.2. The van der Waals surface area contributed by atoms with E-state index < -0.39 is 40.3 Å². The minimum Gasteiger partial charge on any atom is -0.486 e. The molecule has 0 spiro atoms. The SMILES string of the molecule is O=C(CN(c1cccc(C(F)(F)F)c1)S(=O)(=O)c1ccccc1)NCC1COc2ccccc2O1. The number of hydrogen-bond donors (Lipinski definition) is 1. The Morgan fingerprint density at radius 1 is 0.971 bits per heavy atom. The number of nitrogens with one attached hydrogen (secondary N) is 1. The van der Waals surface area contributed by atoms with Gasteiger partial charge in [0.05, 0.1) is 22.7 Å². The Hall–Kier alpha value is -3.73. The summed E-state index contributed by atoms with van der Waals surface area (Å²) < 4.78 is 78.4. The molecule has 1 atom stereocenters. The van der Waals surface area contributed by atoms with Gasteiger partial charge in [-0.15, -0.1) is 0 Å². The molecule has 1 unspecified atom stereocenters. The van der Waals surface area contributed by atoms with Crippen molar-refractivity contribution in [1.82, 2.24) is 5.32 Å². The van der Waals surface area contributed by atoms with Gasteiger partial charge in [0.25, 0.3) is 10.0 Å². The predicted molar refractivity (Wildman–Crippen MR) is 122 cm³/mol. The molecule has 11 heteroatoms. The number of benzene rings is 3. The Balaban J connectivity index is 1.54. The molecule has 0 aliphatic carbocycles. The van der Waals surface area contributed by atoms with Crippen LogP contribution in [-0.4, -0.2) is 40.1 Å². The molecule has 0 saturated carbocycles. The van der Waals surface area contributed by atoms with Gasteiger partial charge in [-0.3, -0.25) is 9.10 Å². The molecule has 3 aromatic rings. The lowest BCUT2D eigenvalue weighted by Gasteiger charge is -2.27. The third kappa shape index (κ3) is 5.68. The first-order valence-electron chi connectivity index (χ1n) is 10.5. The number of carbonyl (C=O) groups excluding carboxylic acids is 1. The highest BCUT2D eigenvalue weighted by molar-refractivity contribution is 7.92. The molecule has 1 amide bonds. The number of rotatable bonds is 7. The summed E-state index contributed by atoms with van der Waals surface area (Å²) in [6.07, 6.45) is -5.21. The van der Waals surface area contributed by atoms with Crippen molar-refractivity contribution in [3.05, 3.63) is 84.4 Å². The maximum atomic E-state index is 13.3. The summed E-state index contributed by atoms with van der Waals surface area (Å²) in [4.78, 5) is 12.6. The largest absolute Gasteiger partial charge is 0.486 e. The number of alkyl halides is 3. The number of sulfonamides is 1. The van der Waals surface area contributed by atoms with E-state index in [1.54, 1.807) is 30.3 Å². The molecular formula is C24H21F3N2O5S. The van der Waals surface area contributed by atoms with Crippen LogP contribution in [0.15, 0.2) is 83.8 Å². The highest BCUT2D eigenvalue weighted by atomic mass is 32.2. The smallest absolute Gasteiger partial charge is 0.416 e. The van der Waals surface area contributed by atoms with Gasteiger partial charge in [-0.2, -0.15) is 13.2 Å². The van der Waals surface area contributed by atoms with Crippen molar-refractivity contribution in [2.24, 2.45) is 0 Å². The predicted octanol–water partition coefficient (Wildman–Crippen LogP) is 3.86. The molecule has 4 rings (SSSR count). The number of anilines is 1. The van der Waals surface area contributed by atoms with Gasteiger partial charge in [-0.1, -0.05) is 36.4 Å². The third-order valence-corrected chi connectivity index (χ3v) is 6.96. The number of halogens is 3. The minimum atomic E-state index is -4.69. The summed E-state index contributed by atoms with van der Waals surface area (Å²) in [5.41, 5.74) is -1.32. The van der Waals surface area contributed by atoms with E-state index in [1.807, 2.05) is 0 Å². The van der Waals surface area contributed by atoms with E-state index in [1.165, 1.54) is 30.3 Å². The number of ether oxygens (including phenoxy) is 2. The summed E-state index contributed by atoms with van der Waals surface area (Å²) >= 11 is 0. The van der Waals surface area contributed by atoms with Gasteiger partial charge >= 0.3 is 6.18 Å². The molecule has 3 aromatic carbocycles. The summed E-state index contributed by atoms with van der Waals surface area (Å²) in [5, 5.41) is 2.58. The van der Waals surface area contributed by atoms with Gasteiger partial charge < -0.3 is 14.8 Å². The van der Waals surface area contributed by atoms with Crippen LogP contribution in [0.25, 0.3) is 0 Å². The molecule has 1 N–H and O–H groups in total. The second kappa shape index (κ2) is 9.87. The molecule has 0 saturated heterocycles. The molecule has 1 heterocycles. The lowest BCUT2D eigenvalue weighted by Crippen LogP contribution is -2.45. The van der Waals surface area contributed by atoms with E-state index in [0.29, 0.717) is 21.9 Å². The Labute approximate surface area is 200 Å². The fraction of sp³-hybridized carbons (Fsp3) is 0.208. The maximum absolute atomic E-state index is 13.3. The van der Waals surface area contributed by atoms with E-state index in [-0.39, 0.29) is 23.7 Å². The molecule has 0 fully saturated rings. The van der Waals surface area contributed by atoms with Crippen LogP contribution in [0.5, 0.6) is 11.5 Å². The zero-order chi connectivity index (χ0) is 25.1. The first-order valence-corrected chi connectivity index (χ1v) is 12.0. The zero-order valence-corrected chi connectivity index (χ0v) is 19.1. The number of carbonyl (C=O) groups is 1. The van der Waals surface area contributed by atoms with Crippen LogP contribution >= 0.6 is 0 Å². The molecule has 1 aliphatic rings. The van der Waals surface area contributed by atoms with Crippen LogP contribution < -0.4 is 19.1 Å². The standard InChI is InChI=1S/C24H21F3N2O5S/c25-24(26,27)17-7-6-8-18(13-17)29(35(31,32)20-9-2-1-3-10-20)15-23(30)28-14-19-16-33-21-11-4-5-12-22(21)34-19/h1-13,19H,14-16H2,(H,28,30). The molecule has 35 heavy (non-hydrogen) atoms. The van der Waals surface area contributed by atoms with Gasteiger partial charge in [-0.05, 0) is 42.5 Å². The van der Waals surface area contributed by atoms with Crippen molar-refractivity contribution >= 4 is 21.6 Å². The van der Waals surface area contributed by atoms with E-state index in [9.17, 15) is 26.4 Å². The fourth-order valence-corrected chi connectivity index (χ4v) is 4.88. The molecular weight excluding hydrogens is 485 g/mol. The van der Waals surface area contributed by atoms with Crippen LogP contribution in [0.1, 0.15) is 5.56 Å². The summed E-state index contributed by atoms with van der Waals surface area (Å²) in [6, 6.07) is 18.0. The molecule has 1 aliphatic heterocycles. The van der Waals surface area contributed by atoms with Crippen LogP contribution in [0.4, 0.5) is 18.9 Å². The number of nitrogens with zero attached hydrogens (tertiary/aromatic N) is 1. The molecule has 7 nitrogen and oxygen atoms in total. The third-order valence-electron chi connectivity index (χ3n) is 5.17. The van der Waals surface area contributed by atoms with Gasteiger partial charge in [0.1, 0.15) is 19.3 Å². The first-order chi connectivity index (χ1) is 16.6. The Morgan fingerprint density at radius 2 is 1.66 bits per heavy atom. The van der Waals surface area contributed by atoms with Crippen molar-refractivity contribution in [2.45, 2.75) is 17.2 Å². The first kappa shape index (κ1) is 24.4. The number of hydrogen-bond acceptors (Lipinski definition) is 5. The average Bonchev–Trinajstić information content (AvgIpc) is 2.86. The second-order valence-corrected chi connectivity index (χ2v) is 9.54. The highest BCUT2D eigenvalue weighted by Gasteiger charge is 2.33. The van der Waals surface area contributed by atoms with Crippen LogP contribution in [0.2, 0.25) is 0 Å². The van der Waals surface area contributed by atoms with Gasteiger partial charge in [-0.25, -0.2) is 8.42 Å².